The highest BCUT2D eigenvalue weighted by molar-refractivity contribution is 6.17. The van der Waals surface area contributed by atoms with Gasteiger partial charge < -0.3 is 10.6 Å². The van der Waals surface area contributed by atoms with Gasteiger partial charge >= 0.3 is 0 Å². The Morgan fingerprint density at radius 1 is 0.348 bits per heavy atom. The van der Waals surface area contributed by atoms with Crippen LogP contribution in [0.1, 0.15) is 38.5 Å². The van der Waals surface area contributed by atoms with E-state index in [0.717, 1.165) is 48.0 Å². The summed E-state index contributed by atoms with van der Waals surface area (Å²) >= 11 is 0. The van der Waals surface area contributed by atoms with Gasteiger partial charge in [0.2, 0.25) is 0 Å². The third-order valence-electron chi connectivity index (χ3n) is 9.36. The summed E-state index contributed by atoms with van der Waals surface area (Å²) in [6, 6.07) is 43.0. The molecule has 0 bridgehead atoms. The van der Waals surface area contributed by atoms with E-state index in [9.17, 15) is 0 Å². The first-order chi connectivity index (χ1) is 22.8. The Kier molecular flexibility index (Phi) is 7.77. The average Bonchev–Trinajstić information content (AvgIpc) is 3.11. The summed E-state index contributed by atoms with van der Waals surface area (Å²) in [6.45, 7) is 1.93. The highest BCUT2D eigenvalue weighted by Crippen LogP contribution is 2.36. The fourth-order valence-corrected chi connectivity index (χ4v) is 7.02. The Labute approximate surface area is 269 Å². The Bertz CT molecular complexity index is 2180. The third-order valence-corrected chi connectivity index (χ3v) is 9.36. The quantitative estimate of drug-likeness (QED) is 0.0883. The zero-order chi connectivity index (χ0) is 30.7. The highest BCUT2D eigenvalue weighted by Gasteiger charge is 2.12. The molecule has 0 spiro atoms. The molecular formula is C42H38N4. The lowest BCUT2D eigenvalue weighted by Crippen LogP contribution is -2.04. The molecule has 2 aromatic heterocycles. The minimum atomic E-state index is 0.967. The molecule has 2 N–H and O–H groups in total. The van der Waals surface area contributed by atoms with Crippen molar-refractivity contribution >= 4 is 76.5 Å². The fraction of sp³-hybridized carbons (Fsp3) is 0.190. The maximum absolute atomic E-state index is 5.07. The molecule has 0 saturated carbocycles. The maximum atomic E-state index is 5.07. The lowest BCUT2D eigenvalue weighted by atomic mass is 10.0. The predicted octanol–water partition coefficient (Wildman–Crippen LogP) is 11.3. The highest BCUT2D eigenvalue weighted by atomic mass is 14.9. The number of rotatable bonds is 11. The molecule has 8 aromatic rings. The van der Waals surface area contributed by atoms with Gasteiger partial charge in [0, 0.05) is 45.4 Å². The second kappa shape index (κ2) is 12.6. The second-order valence-corrected chi connectivity index (χ2v) is 12.3. The summed E-state index contributed by atoms with van der Waals surface area (Å²) < 4.78 is 0. The van der Waals surface area contributed by atoms with E-state index >= 15 is 0 Å². The first kappa shape index (κ1) is 28.3. The molecule has 0 unspecified atom stereocenters. The fourth-order valence-electron chi connectivity index (χ4n) is 7.02. The molecule has 46 heavy (non-hydrogen) atoms. The van der Waals surface area contributed by atoms with Gasteiger partial charge in [0.05, 0.1) is 33.4 Å². The van der Waals surface area contributed by atoms with Crippen LogP contribution in [0.3, 0.4) is 0 Å². The molecule has 4 nitrogen and oxygen atoms in total. The van der Waals surface area contributed by atoms with Gasteiger partial charge in [-0.1, -0.05) is 135 Å². The summed E-state index contributed by atoms with van der Waals surface area (Å²) in [7, 11) is 0. The van der Waals surface area contributed by atoms with Crippen LogP contribution in [-0.2, 0) is 0 Å². The zero-order valence-corrected chi connectivity index (χ0v) is 26.1. The number of para-hydroxylation sites is 2. The van der Waals surface area contributed by atoms with E-state index in [1.54, 1.807) is 0 Å². The molecule has 0 aliphatic carbocycles. The van der Waals surface area contributed by atoms with E-state index in [0.29, 0.717) is 0 Å². The van der Waals surface area contributed by atoms with Crippen LogP contribution < -0.4 is 10.6 Å². The van der Waals surface area contributed by atoms with Crippen LogP contribution in [-0.4, -0.2) is 23.1 Å². The topological polar surface area (TPSA) is 49.8 Å². The molecule has 0 fully saturated rings. The van der Waals surface area contributed by atoms with Crippen molar-refractivity contribution in [2.75, 3.05) is 23.7 Å². The number of pyridine rings is 2. The van der Waals surface area contributed by atoms with Crippen LogP contribution in [0.15, 0.2) is 121 Å². The standard InChI is InChI=1S/C42H38N4/c1(3-13-27-43-39-33-19-9-11-21-37(33)45-41-31-17-7-5-15-29(31)23-25-35(39)41)2-4-14-28-44-40-34-20-10-12-22-38(34)46-42-32-18-8-6-16-30(32)24-26-36(40)42/h5-12,15-26H,1-4,13-14,27-28H2,(H,43,45)(H,44,46). The average molecular weight is 599 g/mol. The maximum Gasteiger partial charge on any atom is 0.0808 e. The number of hydrogen-bond donors (Lipinski definition) is 2. The molecule has 2 heterocycles. The van der Waals surface area contributed by atoms with Crippen LogP contribution in [0.4, 0.5) is 11.4 Å². The Balaban J connectivity index is 0.867. The van der Waals surface area contributed by atoms with Crippen molar-refractivity contribution < 1.29 is 0 Å². The van der Waals surface area contributed by atoms with Crippen LogP contribution in [0.25, 0.3) is 65.2 Å². The first-order valence-corrected chi connectivity index (χ1v) is 16.7. The molecule has 0 aliphatic rings. The number of benzene rings is 6. The van der Waals surface area contributed by atoms with Crippen LogP contribution in [0.5, 0.6) is 0 Å². The predicted molar refractivity (Wildman–Crippen MR) is 198 cm³/mol. The first-order valence-electron chi connectivity index (χ1n) is 16.7. The van der Waals surface area contributed by atoms with Crippen LogP contribution in [0.2, 0.25) is 0 Å². The molecule has 0 atom stereocenters. The number of unbranched alkanes of at least 4 members (excludes halogenated alkanes) is 5. The van der Waals surface area contributed by atoms with Crippen molar-refractivity contribution in [3.8, 4) is 0 Å². The van der Waals surface area contributed by atoms with E-state index in [4.69, 9.17) is 9.97 Å². The van der Waals surface area contributed by atoms with E-state index in [2.05, 4.69) is 132 Å². The van der Waals surface area contributed by atoms with E-state index in [-0.39, 0.29) is 0 Å². The number of nitrogens with zero attached hydrogens (tertiary/aromatic N) is 2. The molecule has 0 radical (unpaired) electrons. The van der Waals surface area contributed by atoms with E-state index < -0.39 is 0 Å². The molecular weight excluding hydrogens is 560 g/mol. The molecule has 4 heteroatoms. The van der Waals surface area contributed by atoms with Crippen molar-refractivity contribution in [2.45, 2.75) is 38.5 Å². The van der Waals surface area contributed by atoms with Gasteiger partial charge in [-0.15, -0.1) is 0 Å². The summed E-state index contributed by atoms with van der Waals surface area (Å²) in [5.74, 6) is 0. The molecule has 6 aromatic carbocycles. The van der Waals surface area contributed by atoms with Gasteiger partial charge in [0.25, 0.3) is 0 Å². The van der Waals surface area contributed by atoms with Gasteiger partial charge in [0.1, 0.15) is 0 Å². The lowest BCUT2D eigenvalue weighted by molar-refractivity contribution is 0.610. The molecule has 226 valence electrons. The van der Waals surface area contributed by atoms with Gasteiger partial charge in [-0.3, -0.25) is 0 Å². The van der Waals surface area contributed by atoms with Gasteiger partial charge in [-0.2, -0.15) is 0 Å². The van der Waals surface area contributed by atoms with Crippen molar-refractivity contribution in [3.63, 3.8) is 0 Å². The van der Waals surface area contributed by atoms with E-state index in [1.165, 1.54) is 80.1 Å². The number of anilines is 2. The molecule has 0 amide bonds. The lowest BCUT2D eigenvalue weighted by Gasteiger charge is -2.15. The van der Waals surface area contributed by atoms with Crippen molar-refractivity contribution in [1.82, 2.24) is 9.97 Å². The Morgan fingerprint density at radius 2 is 0.739 bits per heavy atom. The zero-order valence-electron chi connectivity index (χ0n) is 26.1. The van der Waals surface area contributed by atoms with Gasteiger partial charge in [-0.05, 0) is 35.7 Å². The Hall–Kier alpha value is -5.22. The molecule has 0 aliphatic heterocycles. The van der Waals surface area contributed by atoms with Crippen molar-refractivity contribution in [3.05, 3.63) is 121 Å². The molecule has 8 rings (SSSR count). The van der Waals surface area contributed by atoms with Crippen molar-refractivity contribution in [1.29, 1.82) is 0 Å². The summed E-state index contributed by atoms with van der Waals surface area (Å²) in [4.78, 5) is 10.1. The van der Waals surface area contributed by atoms with Crippen LogP contribution >= 0.6 is 0 Å². The molecule has 0 saturated heterocycles. The number of fused-ring (bicyclic) bond motifs is 8. The SMILES string of the molecule is c1ccc2c(c1)ccc1c(NCCCCCCCCNc3c4ccccc4nc4c3ccc3ccccc34)c3ccccc3nc12. The smallest absolute Gasteiger partial charge is 0.0808 e. The van der Waals surface area contributed by atoms with E-state index in [1.807, 2.05) is 0 Å². The van der Waals surface area contributed by atoms with Crippen LogP contribution in [0, 0.1) is 0 Å². The summed E-state index contributed by atoms with van der Waals surface area (Å²) in [5.41, 5.74) is 6.67. The minimum absolute atomic E-state index is 0.967. The summed E-state index contributed by atoms with van der Waals surface area (Å²) in [5, 5.41) is 17.3. The van der Waals surface area contributed by atoms with Crippen molar-refractivity contribution in [2.24, 2.45) is 0 Å². The third kappa shape index (κ3) is 5.34. The van der Waals surface area contributed by atoms with Gasteiger partial charge in [0.15, 0.2) is 0 Å². The second-order valence-electron chi connectivity index (χ2n) is 12.3. The summed E-state index contributed by atoms with van der Waals surface area (Å²) in [6.07, 6.45) is 7.31. The minimum Gasteiger partial charge on any atom is -0.384 e. The number of nitrogens with one attached hydrogen (secondary N) is 2. The largest absolute Gasteiger partial charge is 0.384 e. The normalized spacial score (nSPS) is 11.7. The monoisotopic (exact) mass is 598 g/mol. The van der Waals surface area contributed by atoms with Gasteiger partial charge in [-0.25, -0.2) is 9.97 Å². The Morgan fingerprint density at radius 3 is 1.22 bits per heavy atom. The number of hydrogen-bond acceptors (Lipinski definition) is 4. The number of aromatic nitrogens is 2.